The normalized spacial score (nSPS) is 27.0. The Labute approximate surface area is 85.1 Å². The van der Waals surface area contributed by atoms with Crippen molar-refractivity contribution in [2.75, 3.05) is 13.2 Å². The number of hydrogen-bond acceptors (Lipinski definition) is 2. The number of urea groups is 1. The van der Waals surface area contributed by atoms with Gasteiger partial charge in [0.1, 0.15) is 0 Å². The van der Waals surface area contributed by atoms with Crippen LogP contribution in [0.15, 0.2) is 0 Å². The predicted octanol–water partition coefficient (Wildman–Crippen LogP) is 0.857. The van der Waals surface area contributed by atoms with Gasteiger partial charge < -0.3 is 15.7 Å². The Hall–Kier alpha value is -0.770. The first kappa shape index (κ1) is 11.3. The van der Waals surface area contributed by atoms with Crippen LogP contribution in [0.1, 0.15) is 32.6 Å². The highest BCUT2D eigenvalue weighted by atomic mass is 16.3. The molecule has 82 valence electrons. The summed E-state index contributed by atoms with van der Waals surface area (Å²) in [6, 6.07) is 0.156. The van der Waals surface area contributed by atoms with Gasteiger partial charge in [0.15, 0.2) is 0 Å². The second-order valence-electron chi connectivity index (χ2n) is 3.92. The van der Waals surface area contributed by atoms with Crippen molar-refractivity contribution in [3.05, 3.63) is 0 Å². The molecular formula is C10H20N2O2. The number of hydrogen-bond donors (Lipinski definition) is 3. The number of nitrogens with one attached hydrogen (secondary N) is 2. The molecule has 1 aliphatic rings. The minimum atomic E-state index is -0.0870. The van der Waals surface area contributed by atoms with Crippen LogP contribution < -0.4 is 10.6 Å². The molecule has 4 heteroatoms. The summed E-state index contributed by atoms with van der Waals surface area (Å²) in [5, 5.41) is 14.7. The van der Waals surface area contributed by atoms with Gasteiger partial charge >= 0.3 is 6.03 Å². The third kappa shape index (κ3) is 3.54. The summed E-state index contributed by atoms with van der Waals surface area (Å²) >= 11 is 0. The molecule has 0 spiro atoms. The lowest BCUT2D eigenvalue weighted by atomic mass is 9.86. The van der Waals surface area contributed by atoms with Gasteiger partial charge in [-0.3, -0.25) is 0 Å². The Balaban J connectivity index is 2.26. The largest absolute Gasteiger partial charge is 0.396 e. The zero-order chi connectivity index (χ0) is 10.4. The third-order valence-electron chi connectivity index (χ3n) is 2.71. The maximum atomic E-state index is 11.2. The van der Waals surface area contributed by atoms with E-state index in [1.165, 1.54) is 0 Å². The van der Waals surface area contributed by atoms with E-state index in [9.17, 15) is 4.79 Å². The van der Waals surface area contributed by atoms with Crippen molar-refractivity contribution in [3.63, 3.8) is 0 Å². The Bertz CT molecular complexity index is 185. The van der Waals surface area contributed by atoms with Gasteiger partial charge in [-0.25, -0.2) is 4.79 Å². The van der Waals surface area contributed by atoms with Crippen molar-refractivity contribution in [2.24, 2.45) is 5.92 Å². The molecule has 0 saturated heterocycles. The molecule has 0 aromatic rings. The molecule has 3 N–H and O–H groups in total. The number of rotatable bonds is 3. The molecule has 0 radical (unpaired) electrons. The van der Waals surface area contributed by atoms with Crippen molar-refractivity contribution in [2.45, 2.75) is 38.6 Å². The Morgan fingerprint density at radius 3 is 2.93 bits per heavy atom. The second kappa shape index (κ2) is 5.86. The molecule has 14 heavy (non-hydrogen) atoms. The minimum Gasteiger partial charge on any atom is -0.396 e. The van der Waals surface area contributed by atoms with Crippen LogP contribution in [-0.4, -0.2) is 30.3 Å². The Kier molecular flexibility index (Phi) is 4.73. The van der Waals surface area contributed by atoms with Crippen LogP contribution in [-0.2, 0) is 0 Å². The summed E-state index contributed by atoms with van der Waals surface area (Å²) in [5.74, 6) is 0.371. The fraction of sp³-hybridized carbons (Fsp3) is 0.900. The van der Waals surface area contributed by atoms with Crippen LogP contribution >= 0.6 is 0 Å². The number of carbonyl (C=O) groups excluding carboxylic acids is 1. The summed E-state index contributed by atoms with van der Waals surface area (Å²) in [6.07, 6.45) is 4.13. The highest BCUT2D eigenvalue weighted by molar-refractivity contribution is 5.74. The summed E-state index contributed by atoms with van der Waals surface area (Å²) in [4.78, 5) is 11.2. The van der Waals surface area contributed by atoms with Gasteiger partial charge in [-0.2, -0.15) is 0 Å². The molecule has 2 unspecified atom stereocenters. The quantitative estimate of drug-likeness (QED) is 0.632. The lowest BCUT2D eigenvalue weighted by Gasteiger charge is -2.28. The van der Waals surface area contributed by atoms with E-state index in [4.69, 9.17) is 5.11 Å². The fourth-order valence-electron chi connectivity index (χ4n) is 1.98. The van der Waals surface area contributed by atoms with Crippen LogP contribution in [0.2, 0.25) is 0 Å². The molecule has 1 aliphatic carbocycles. The van der Waals surface area contributed by atoms with Gasteiger partial charge in [0.2, 0.25) is 0 Å². The molecule has 1 saturated carbocycles. The van der Waals surface area contributed by atoms with Crippen molar-refractivity contribution < 1.29 is 9.90 Å². The van der Waals surface area contributed by atoms with Gasteiger partial charge in [0.25, 0.3) is 0 Å². The first-order valence-corrected chi connectivity index (χ1v) is 5.41. The van der Waals surface area contributed by atoms with Gasteiger partial charge in [-0.1, -0.05) is 6.42 Å². The van der Waals surface area contributed by atoms with Crippen molar-refractivity contribution in [3.8, 4) is 0 Å². The van der Waals surface area contributed by atoms with E-state index < -0.39 is 0 Å². The van der Waals surface area contributed by atoms with E-state index in [2.05, 4.69) is 10.6 Å². The molecule has 0 aromatic heterocycles. The smallest absolute Gasteiger partial charge is 0.314 e. The first-order valence-electron chi connectivity index (χ1n) is 5.41. The van der Waals surface area contributed by atoms with Crippen LogP contribution in [0.4, 0.5) is 4.79 Å². The minimum absolute atomic E-state index is 0.0870. The molecule has 1 fully saturated rings. The van der Waals surface area contributed by atoms with E-state index in [1.54, 1.807) is 0 Å². The van der Waals surface area contributed by atoms with Gasteiger partial charge in [0.05, 0.1) is 0 Å². The lowest BCUT2D eigenvalue weighted by Crippen LogP contribution is -2.44. The van der Waals surface area contributed by atoms with Gasteiger partial charge in [-0.15, -0.1) is 0 Å². The topological polar surface area (TPSA) is 61.4 Å². The predicted molar refractivity (Wildman–Crippen MR) is 55.0 cm³/mol. The van der Waals surface area contributed by atoms with E-state index in [-0.39, 0.29) is 18.7 Å². The van der Waals surface area contributed by atoms with E-state index >= 15 is 0 Å². The first-order chi connectivity index (χ1) is 6.76. The zero-order valence-electron chi connectivity index (χ0n) is 8.75. The summed E-state index contributed by atoms with van der Waals surface area (Å²) in [6.45, 7) is 2.80. The van der Waals surface area contributed by atoms with Crippen LogP contribution in [0.5, 0.6) is 0 Å². The molecule has 2 atom stereocenters. The van der Waals surface area contributed by atoms with Crippen LogP contribution in [0.25, 0.3) is 0 Å². The number of amides is 2. The van der Waals surface area contributed by atoms with Gasteiger partial charge in [-0.05, 0) is 32.1 Å². The van der Waals surface area contributed by atoms with Crippen molar-refractivity contribution >= 4 is 6.03 Å². The maximum absolute atomic E-state index is 11.2. The number of aliphatic hydroxyl groups is 1. The maximum Gasteiger partial charge on any atom is 0.314 e. The standard InChI is InChI=1S/C10H20N2O2/c1-2-11-10(14)12-9-5-3-4-8(6-9)7-13/h8-9,13H,2-7H2,1H3,(H2,11,12,14). The van der Waals surface area contributed by atoms with Crippen LogP contribution in [0.3, 0.4) is 0 Å². The highest BCUT2D eigenvalue weighted by Crippen LogP contribution is 2.23. The Morgan fingerprint density at radius 2 is 2.29 bits per heavy atom. The molecule has 4 nitrogen and oxygen atoms in total. The molecule has 2 amide bonds. The summed E-state index contributed by atoms with van der Waals surface area (Å²) in [7, 11) is 0. The average Bonchev–Trinajstić information content (AvgIpc) is 2.18. The zero-order valence-corrected chi connectivity index (χ0v) is 8.75. The number of carbonyl (C=O) groups is 1. The highest BCUT2D eigenvalue weighted by Gasteiger charge is 2.22. The molecule has 1 rings (SSSR count). The molecular weight excluding hydrogens is 180 g/mol. The Morgan fingerprint density at radius 1 is 1.50 bits per heavy atom. The lowest BCUT2D eigenvalue weighted by molar-refractivity contribution is 0.170. The molecule has 0 aliphatic heterocycles. The van der Waals surface area contributed by atoms with E-state index in [1.807, 2.05) is 6.92 Å². The molecule has 0 bridgehead atoms. The van der Waals surface area contributed by atoms with Gasteiger partial charge in [0, 0.05) is 19.2 Å². The van der Waals surface area contributed by atoms with E-state index in [0.717, 1.165) is 25.7 Å². The van der Waals surface area contributed by atoms with Crippen molar-refractivity contribution in [1.82, 2.24) is 10.6 Å². The van der Waals surface area contributed by atoms with Crippen LogP contribution in [0, 0.1) is 5.92 Å². The SMILES string of the molecule is CCNC(=O)NC1CCCC(CO)C1. The summed E-state index contributed by atoms with van der Waals surface area (Å²) in [5.41, 5.74) is 0. The van der Waals surface area contributed by atoms with Crippen molar-refractivity contribution in [1.29, 1.82) is 0 Å². The molecule has 0 aromatic carbocycles. The summed E-state index contributed by atoms with van der Waals surface area (Å²) < 4.78 is 0. The third-order valence-corrected chi connectivity index (χ3v) is 2.71. The number of aliphatic hydroxyl groups excluding tert-OH is 1. The van der Waals surface area contributed by atoms with E-state index in [0.29, 0.717) is 12.5 Å². The molecule has 0 heterocycles. The fourth-order valence-corrected chi connectivity index (χ4v) is 1.98. The average molecular weight is 200 g/mol. The monoisotopic (exact) mass is 200 g/mol. The second-order valence-corrected chi connectivity index (χ2v) is 3.92.